The SMILES string of the molecule is Cc1ccccc1C(C)(C(N)=O)c1ccc(N2CCN(C)CC2)nc1. The summed E-state index contributed by atoms with van der Waals surface area (Å²) in [6.45, 7) is 7.88. The zero-order valence-corrected chi connectivity index (χ0v) is 15.2. The van der Waals surface area contributed by atoms with Crippen molar-refractivity contribution in [1.29, 1.82) is 0 Å². The molecule has 5 nitrogen and oxygen atoms in total. The van der Waals surface area contributed by atoms with Crippen LogP contribution >= 0.6 is 0 Å². The second-order valence-corrected chi connectivity index (χ2v) is 7.00. The summed E-state index contributed by atoms with van der Waals surface area (Å²) in [4.78, 5) is 21.6. The highest BCUT2D eigenvalue weighted by atomic mass is 16.1. The van der Waals surface area contributed by atoms with Gasteiger partial charge in [0.1, 0.15) is 5.82 Å². The molecule has 0 bridgehead atoms. The maximum Gasteiger partial charge on any atom is 0.232 e. The van der Waals surface area contributed by atoms with Crippen molar-refractivity contribution in [3.8, 4) is 0 Å². The molecule has 1 saturated heterocycles. The summed E-state index contributed by atoms with van der Waals surface area (Å²) in [6, 6.07) is 11.9. The van der Waals surface area contributed by atoms with Gasteiger partial charge in [0, 0.05) is 32.4 Å². The summed E-state index contributed by atoms with van der Waals surface area (Å²) in [5.74, 6) is 0.587. The van der Waals surface area contributed by atoms with E-state index in [2.05, 4.69) is 21.8 Å². The predicted octanol–water partition coefficient (Wildman–Crippen LogP) is 1.93. The van der Waals surface area contributed by atoms with Crippen LogP contribution < -0.4 is 10.6 Å². The van der Waals surface area contributed by atoms with Gasteiger partial charge in [-0.25, -0.2) is 4.98 Å². The van der Waals surface area contributed by atoms with E-state index in [1.807, 2.05) is 50.2 Å². The molecule has 5 heteroatoms. The number of hydrogen-bond acceptors (Lipinski definition) is 4. The number of primary amides is 1. The minimum absolute atomic E-state index is 0.365. The van der Waals surface area contributed by atoms with E-state index in [9.17, 15) is 4.79 Å². The Balaban J connectivity index is 1.93. The highest BCUT2D eigenvalue weighted by molar-refractivity contribution is 5.90. The summed E-state index contributed by atoms with van der Waals surface area (Å²) in [7, 11) is 2.13. The zero-order chi connectivity index (χ0) is 18.0. The topological polar surface area (TPSA) is 62.5 Å². The number of piperazine rings is 1. The first-order chi connectivity index (χ1) is 11.9. The van der Waals surface area contributed by atoms with Crippen LogP contribution in [0.5, 0.6) is 0 Å². The number of carbonyl (C=O) groups excluding carboxylic acids is 1. The molecular weight excluding hydrogens is 312 g/mol. The number of aryl methyl sites for hydroxylation is 1. The second kappa shape index (κ2) is 6.84. The molecule has 1 unspecified atom stereocenters. The molecule has 0 aliphatic carbocycles. The first-order valence-corrected chi connectivity index (χ1v) is 8.69. The normalized spacial score (nSPS) is 18.0. The van der Waals surface area contributed by atoms with Crippen LogP contribution in [0.4, 0.5) is 5.82 Å². The van der Waals surface area contributed by atoms with Crippen molar-refractivity contribution in [1.82, 2.24) is 9.88 Å². The minimum atomic E-state index is -0.890. The third-order valence-corrected chi connectivity index (χ3v) is 5.33. The molecule has 1 aliphatic rings. The van der Waals surface area contributed by atoms with Gasteiger partial charge in [0.05, 0.1) is 5.41 Å². The van der Waals surface area contributed by atoms with Gasteiger partial charge in [-0.2, -0.15) is 0 Å². The number of hydrogen-bond donors (Lipinski definition) is 1. The standard InChI is InChI=1S/C20H26N4O/c1-15-6-4-5-7-17(15)20(2,19(21)25)16-8-9-18(22-14-16)24-12-10-23(3)11-13-24/h4-9,14H,10-13H2,1-3H3,(H2,21,25). The second-order valence-electron chi connectivity index (χ2n) is 7.00. The van der Waals surface area contributed by atoms with Crippen LogP contribution in [0, 0.1) is 6.92 Å². The molecule has 1 fully saturated rings. The molecule has 2 heterocycles. The van der Waals surface area contributed by atoms with Gasteiger partial charge in [0.2, 0.25) is 5.91 Å². The molecule has 0 spiro atoms. The Morgan fingerprint density at radius 1 is 1.12 bits per heavy atom. The average Bonchev–Trinajstić information content (AvgIpc) is 2.62. The maximum atomic E-state index is 12.4. The molecule has 0 radical (unpaired) electrons. The summed E-state index contributed by atoms with van der Waals surface area (Å²) >= 11 is 0. The van der Waals surface area contributed by atoms with Gasteiger partial charge in [0.15, 0.2) is 0 Å². The van der Waals surface area contributed by atoms with Gasteiger partial charge in [-0.15, -0.1) is 0 Å². The molecule has 3 rings (SSSR count). The average molecular weight is 338 g/mol. The van der Waals surface area contributed by atoms with Gasteiger partial charge in [0.25, 0.3) is 0 Å². The smallest absolute Gasteiger partial charge is 0.232 e. The number of rotatable bonds is 4. The largest absolute Gasteiger partial charge is 0.369 e. The van der Waals surface area contributed by atoms with E-state index in [1.165, 1.54) is 0 Å². The van der Waals surface area contributed by atoms with Crippen LogP contribution in [-0.2, 0) is 10.2 Å². The molecule has 1 aromatic heterocycles. The lowest BCUT2D eigenvalue weighted by Crippen LogP contribution is -2.45. The molecule has 0 saturated carbocycles. The lowest BCUT2D eigenvalue weighted by atomic mass is 9.74. The lowest BCUT2D eigenvalue weighted by molar-refractivity contribution is -0.121. The zero-order valence-electron chi connectivity index (χ0n) is 15.2. The van der Waals surface area contributed by atoms with Gasteiger partial charge in [-0.1, -0.05) is 30.3 Å². The molecule has 1 amide bonds. The van der Waals surface area contributed by atoms with Crippen molar-refractivity contribution in [2.45, 2.75) is 19.3 Å². The first-order valence-electron chi connectivity index (χ1n) is 8.69. The van der Waals surface area contributed by atoms with E-state index < -0.39 is 5.41 Å². The van der Waals surface area contributed by atoms with Gasteiger partial charge >= 0.3 is 0 Å². The van der Waals surface area contributed by atoms with Crippen LogP contribution in [0.1, 0.15) is 23.6 Å². The van der Waals surface area contributed by atoms with Gasteiger partial charge < -0.3 is 15.5 Å². The Morgan fingerprint density at radius 2 is 1.80 bits per heavy atom. The molecule has 25 heavy (non-hydrogen) atoms. The molecule has 1 atom stereocenters. The number of carbonyl (C=O) groups is 1. The Morgan fingerprint density at radius 3 is 2.36 bits per heavy atom. The number of anilines is 1. The fraction of sp³-hybridized carbons (Fsp3) is 0.400. The van der Waals surface area contributed by atoms with E-state index >= 15 is 0 Å². The van der Waals surface area contributed by atoms with Gasteiger partial charge in [-0.05, 0) is 43.7 Å². The highest BCUT2D eigenvalue weighted by Gasteiger charge is 2.36. The third kappa shape index (κ3) is 3.24. The van der Waals surface area contributed by atoms with Crippen LogP contribution in [-0.4, -0.2) is 49.0 Å². The van der Waals surface area contributed by atoms with Crippen molar-refractivity contribution in [3.05, 3.63) is 59.3 Å². The fourth-order valence-electron chi connectivity index (χ4n) is 3.47. The summed E-state index contributed by atoms with van der Waals surface area (Å²) < 4.78 is 0. The minimum Gasteiger partial charge on any atom is -0.369 e. The Hall–Kier alpha value is -2.40. The van der Waals surface area contributed by atoms with Crippen LogP contribution in [0.25, 0.3) is 0 Å². The number of likely N-dealkylation sites (N-methyl/N-ethyl adjacent to an activating group) is 1. The number of nitrogens with zero attached hydrogens (tertiary/aromatic N) is 3. The summed E-state index contributed by atoms with van der Waals surface area (Å²) in [5.41, 5.74) is 7.73. The number of pyridine rings is 1. The van der Waals surface area contributed by atoms with Gasteiger partial charge in [-0.3, -0.25) is 4.79 Å². The summed E-state index contributed by atoms with van der Waals surface area (Å²) in [6.07, 6.45) is 1.80. The van der Waals surface area contributed by atoms with E-state index in [0.717, 1.165) is 48.7 Å². The predicted molar refractivity (Wildman–Crippen MR) is 101 cm³/mol. The number of benzene rings is 1. The quantitative estimate of drug-likeness (QED) is 0.925. The van der Waals surface area contributed by atoms with E-state index in [0.29, 0.717) is 0 Å². The monoisotopic (exact) mass is 338 g/mol. The van der Waals surface area contributed by atoms with Crippen molar-refractivity contribution in [2.75, 3.05) is 38.1 Å². The van der Waals surface area contributed by atoms with Crippen LogP contribution in [0.2, 0.25) is 0 Å². The van der Waals surface area contributed by atoms with Crippen LogP contribution in [0.15, 0.2) is 42.6 Å². The van der Waals surface area contributed by atoms with Crippen molar-refractivity contribution in [2.24, 2.45) is 5.73 Å². The first kappa shape index (κ1) is 17.4. The number of nitrogens with two attached hydrogens (primary N) is 1. The van der Waals surface area contributed by atoms with E-state index in [4.69, 9.17) is 5.73 Å². The van der Waals surface area contributed by atoms with E-state index in [-0.39, 0.29) is 5.91 Å². The highest BCUT2D eigenvalue weighted by Crippen LogP contribution is 2.34. The molecular formula is C20H26N4O. The van der Waals surface area contributed by atoms with Crippen molar-refractivity contribution >= 4 is 11.7 Å². The molecule has 2 aromatic rings. The Kier molecular flexibility index (Phi) is 4.77. The summed E-state index contributed by atoms with van der Waals surface area (Å²) in [5, 5.41) is 0. The van der Waals surface area contributed by atoms with Crippen molar-refractivity contribution < 1.29 is 4.79 Å². The molecule has 2 N–H and O–H groups in total. The maximum absolute atomic E-state index is 12.4. The Bertz CT molecular complexity index is 751. The van der Waals surface area contributed by atoms with E-state index in [1.54, 1.807) is 6.20 Å². The Labute approximate surface area is 149 Å². The lowest BCUT2D eigenvalue weighted by Gasteiger charge is -2.34. The fourth-order valence-corrected chi connectivity index (χ4v) is 3.47. The molecule has 1 aliphatic heterocycles. The van der Waals surface area contributed by atoms with Crippen molar-refractivity contribution in [3.63, 3.8) is 0 Å². The molecule has 132 valence electrons. The third-order valence-electron chi connectivity index (χ3n) is 5.33. The number of aromatic nitrogens is 1. The molecule has 1 aromatic carbocycles. The number of amides is 1. The van der Waals surface area contributed by atoms with Crippen LogP contribution in [0.3, 0.4) is 0 Å².